The van der Waals surface area contributed by atoms with Gasteiger partial charge in [-0.05, 0) is 32.0 Å². The van der Waals surface area contributed by atoms with Crippen LogP contribution in [0.15, 0.2) is 30.3 Å². The summed E-state index contributed by atoms with van der Waals surface area (Å²) in [7, 11) is 0. The van der Waals surface area contributed by atoms with Gasteiger partial charge in [0, 0.05) is 6.54 Å². The van der Waals surface area contributed by atoms with Crippen LogP contribution < -0.4 is 0 Å². The maximum atomic E-state index is 11.6. The third-order valence-electron chi connectivity index (χ3n) is 3.83. The number of rotatable bonds is 8. The first-order valence-electron chi connectivity index (χ1n) is 7.14. The van der Waals surface area contributed by atoms with Gasteiger partial charge in [-0.25, -0.2) is 0 Å². The third-order valence-corrected chi connectivity index (χ3v) is 3.83. The van der Waals surface area contributed by atoms with Crippen molar-refractivity contribution in [1.29, 1.82) is 0 Å². The molecule has 20 heavy (non-hydrogen) atoms. The van der Waals surface area contributed by atoms with E-state index in [1.807, 2.05) is 6.07 Å². The normalized spacial score (nSPS) is 15.8. The van der Waals surface area contributed by atoms with Crippen molar-refractivity contribution >= 4 is 5.97 Å². The zero-order valence-corrected chi connectivity index (χ0v) is 12.5. The second kappa shape index (κ2) is 7.41. The van der Waals surface area contributed by atoms with Gasteiger partial charge in [-0.15, -0.1) is 0 Å². The third kappa shape index (κ3) is 4.32. The van der Waals surface area contributed by atoms with Crippen LogP contribution in [0.5, 0.6) is 0 Å². The molecule has 4 nitrogen and oxygen atoms in total. The summed E-state index contributed by atoms with van der Waals surface area (Å²) in [6, 6.07) is 8.94. The minimum atomic E-state index is -1.27. The Bertz CT molecular complexity index is 413. The van der Waals surface area contributed by atoms with E-state index >= 15 is 0 Å². The number of hydrogen-bond donors (Lipinski definition) is 2. The first kappa shape index (κ1) is 16.7. The monoisotopic (exact) mass is 279 g/mol. The Hall–Kier alpha value is -1.39. The molecule has 0 fully saturated rings. The Morgan fingerprint density at radius 3 is 2.25 bits per heavy atom. The molecular weight excluding hydrogens is 254 g/mol. The minimum absolute atomic E-state index is 0.431. The van der Waals surface area contributed by atoms with Crippen molar-refractivity contribution < 1.29 is 15.0 Å². The number of aliphatic hydroxyl groups is 1. The molecule has 1 aromatic carbocycles. The number of carbonyl (C=O) groups is 1. The molecule has 0 aliphatic heterocycles. The van der Waals surface area contributed by atoms with Gasteiger partial charge in [-0.2, -0.15) is 0 Å². The number of carboxylic acids is 1. The summed E-state index contributed by atoms with van der Waals surface area (Å²) in [6.07, 6.45) is 0.431. The Morgan fingerprint density at radius 2 is 1.80 bits per heavy atom. The van der Waals surface area contributed by atoms with Crippen LogP contribution in [0.4, 0.5) is 0 Å². The number of aliphatic carboxylic acids is 1. The zero-order chi connectivity index (χ0) is 15.2. The van der Waals surface area contributed by atoms with E-state index in [2.05, 4.69) is 18.7 Å². The van der Waals surface area contributed by atoms with Gasteiger partial charge in [0.15, 0.2) is 0 Å². The molecule has 0 amide bonds. The number of benzene rings is 1. The molecule has 0 aliphatic carbocycles. The molecule has 0 aliphatic rings. The van der Waals surface area contributed by atoms with Crippen LogP contribution in [0.1, 0.15) is 38.7 Å². The van der Waals surface area contributed by atoms with Crippen molar-refractivity contribution in [3.8, 4) is 0 Å². The molecule has 1 rings (SSSR count). The van der Waals surface area contributed by atoms with E-state index in [0.717, 1.165) is 13.1 Å². The van der Waals surface area contributed by atoms with Crippen LogP contribution in [0.2, 0.25) is 0 Å². The van der Waals surface area contributed by atoms with Gasteiger partial charge in [0.2, 0.25) is 0 Å². The van der Waals surface area contributed by atoms with Crippen molar-refractivity contribution in [2.45, 2.75) is 38.7 Å². The summed E-state index contributed by atoms with van der Waals surface area (Å²) in [4.78, 5) is 13.7. The molecule has 0 unspecified atom stereocenters. The van der Waals surface area contributed by atoms with E-state index in [0.29, 0.717) is 18.5 Å². The molecule has 0 saturated heterocycles. The zero-order valence-electron chi connectivity index (χ0n) is 12.5. The maximum Gasteiger partial charge on any atom is 0.313 e. The van der Waals surface area contributed by atoms with Gasteiger partial charge in [0.05, 0.1) is 5.60 Å². The second-order valence-electron chi connectivity index (χ2n) is 5.32. The number of hydrogen-bond acceptors (Lipinski definition) is 3. The Balaban J connectivity index is 2.87. The molecule has 0 spiro atoms. The first-order chi connectivity index (χ1) is 9.42. The molecule has 2 atom stereocenters. The highest BCUT2D eigenvalue weighted by atomic mass is 16.4. The summed E-state index contributed by atoms with van der Waals surface area (Å²) >= 11 is 0. The van der Waals surface area contributed by atoms with Crippen LogP contribution in [0.25, 0.3) is 0 Å². The molecule has 0 aromatic heterocycles. The second-order valence-corrected chi connectivity index (χ2v) is 5.32. The molecule has 4 heteroatoms. The van der Waals surface area contributed by atoms with E-state index in [-0.39, 0.29) is 0 Å². The van der Waals surface area contributed by atoms with Crippen LogP contribution >= 0.6 is 0 Å². The van der Waals surface area contributed by atoms with Crippen LogP contribution in [0, 0.1) is 0 Å². The van der Waals surface area contributed by atoms with Crippen molar-refractivity contribution in [3.05, 3.63) is 35.9 Å². The van der Waals surface area contributed by atoms with Crippen molar-refractivity contribution in [2.24, 2.45) is 0 Å². The highest BCUT2D eigenvalue weighted by Crippen LogP contribution is 2.31. The fourth-order valence-corrected chi connectivity index (χ4v) is 2.48. The average molecular weight is 279 g/mol. The fourth-order valence-electron chi connectivity index (χ4n) is 2.48. The topological polar surface area (TPSA) is 60.8 Å². The minimum Gasteiger partial charge on any atom is -0.481 e. The first-order valence-corrected chi connectivity index (χ1v) is 7.14. The smallest absolute Gasteiger partial charge is 0.313 e. The average Bonchev–Trinajstić information content (AvgIpc) is 2.40. The molecule has 0 bridgehead atoms. The molecule has 0 saturated carbocycles. The van der Waals surface area contributed by atoms with E-state index in [1.54, 1.807) is 31.2 Å². The summed E-state index contributed by atoms with van der Waals surface area (Å²) in [5.41, 5.74) is -0.625. The van der Waals surface area contributed by atoms with Gasteiger partial charge in [0.25, 0.3) is 0 Å². The number of carboxylic acid groups (broad SMARTS) is 1. The van der Waals surface area contributed by atoms with E-state index in [1.165, 1.54) is 0 Å². The van der Waals surface area contributed by atoms with Gasteiger partial charge >= 0.3 is 5.97 Å². The summed E-state index contributed by atoms with van der Waals surface area (Å²) in [5, 5.41) is 20.1. The standard InChI is InChI=1S/C16H25NO3/c1-4-17(5-2)12-11-16(3,20)14(15(18)19)13-9-7-6-8-10-13/h6-10,14,20H,4-5,11-12H2,1-3H3,(H,18,19)/t14-,16+/m1/s1. The molecule has 1 aromatic rings. The summed E-state index contributed by atoms with van der Waals surface area (Å²) in [6.45, 7) is 8.22. The van der Waals surface area contributed by atoms with Crippen LogP contribution in [-0.4, -0.2) is 46.3 Å². The molecular formula is C16H25NO3. The van der Waals surface area contributed by atoms with Crippen molar-refractivity contribution in [2.75, 3.05) is 19.6 Å². The van der Waals surface area contributed by atoms with Gasteiger partial charge in [-0.3, -0.25) is 4.79 Å². The summed E-state index contributed by atoms with van der Waals surface area (Å²) < 4.78 is 0. The fraction of sp³-hybridized carbons (Fsp3) is 0.562. The molecule has 2 N–H and O–H groups in total. The molecule has 0 heterocycles. The molecule has 0 radical (unpaired) electrons. The maximum absolute atomic E-state index is 11.6. The van der Waals surface area contributed by atoms with Gasteiger partial charge < -0.3 is 15.1 Å². The quantitative estimate of drug-likeness (QED) is 0.767. The SMILES string of the molecule is CCN(CC)CC[C@](C)(O)[C@@H](C(=O)O)c1ccccc1. The van der Waals surface area contributed by atoms with Gasteiger partial charge in [-0.1, -0.05) is 44.2 Å². The Labute approximate surface area is 121 Å². The van der Waals surface area contributed by atoms with Crippen LogP contribution in [0.3, 0.4) is 0 Å². The Kier molecular flexibility index (Phi) is 6.17. The lowest BCUT2D eigenvalue weighted by molar-refractivity contribution is -0.145. The predicted molar refractivity (Wildman–Crippen MR) is 79.8 cm³/mol. The van der Waals surface area contributed by atoms with Gasteiger partial charge in [0.1, 0.15) is 5.92 Å². The highest BCUT2D eigenvalue weighted by Gasteiger charge is 2.38. The predicted octanol–water partition coefficient (Wildman–Crippen LogP) is 2.34. The lowest BCUT2D eigenvalue weighted by atomic mass is 9.81. The van der Waals surface area contributed by atoms with Crippen molar-refractivity contribution in [1.82, 2.24) is 4.90 Å². The lowest BCUT2D eigenvalue weighted by Crippen LogP contribution is -2.41. The van der Waals surface area contributed by atoms with E-state index in [4.69, 9.17) is 0 Å². The summed E-state index contributed by atoms with van der Waals surface area (Å²) in [5.74, 6) is -1.89. The van der Waals surface area contributed by atoms with E-state index < -0.39 is 17.5 Å². The van der Waals surface area contributed by atoms with Crippen LogP contribution in [-0.2, 0) is 4.79 Å². The Morgan fingerprint density at radius 1 is 1.25 bits per heavy atom. The van der Waals surface area contributed by atoms with Crippen molar-refractivity contribution in [3.63, 3.8) is 0 Å². The molecule has 112 valence electrons. The lowest BCUT2D eigenvalue weighted by Gasteiger charge is -2.32. The van der Waals surface area contributed by atoms with E-state index in [9.17, 15) is 15.0 Å². The largest absolute Gasteiger partial charge is 0.481 e. The number of nitrogens with zero attached hydrogens (tertiary/aromatic N) is 1. The highest BCUT2D eigenvalue weighted by molar-refractivity contribution is 5.77.